The van der Waals surface area contributed by atoms with E-state index >= 15 is 0 Å². The van der Waals surface area contributed by atoms with Gasteiger partial charge < -0.3 is 19.3 Å². The molecule has 0 saturated carbocycles. The normalized spacial score (nSPS) is 12.2. The molecule has 0 spiro atoms. The van der Waals surface area contributed by atoms with E-state index in [1.54, 1.807) is 26.4 Å². The van der Waals surface area contributed by atoms with E-state index in [4.69, 9.17) is 14.2 Å². The van der Waals surface area contributed by atoms with Gasteiger partial charge in [-0.25, -0.2) is 0 Å². The van der Waals surface area contributed by atoms with Gasteiger partial charge in [0.25, 0.3) is 0 Å². The van der Waals surface area contributed by atoms with E-state index in [1.165, 1.54) is 6.92 Å². The van der Waals surface area contributed by atoms with Gasteiger partial charge in [0.2, 0.25) is 0 Å². The summed E-state index contributed by atoms with van der Waals surface area (Å²) in [4.78, 5) is 11.7. The van der Waals surface area contributed by atoms with Gasteiger partial charge in [0, 0.05) is 0 Å². The lowest BCUT2D eigenvalue weighted by Gasteiger charge is -2.30. The number of rotatable bonds is 9. The molecular weight excluding hydrogens is 392 g/mol. The molecule has 0 aromatic heterocycles. The Morgan fingerprint density at radius 1 is 0.774 bits per heavy atom. The Hall–Kier alpha value is -3.31. The number of ketones is 1. The maximum atomic E-state index is 12.0. The molecule has 3 aromatic carbocycles. The van der Waals surface area contributed by atoms with E-state index in [9.17, 15) is 9.90 Å². The summed E-state index contributed by atoms with van der Waals surface area (Å²) >= 11 is 0. The molecule has 5 nitrogen and oxygen atoms in total. The highest BCUT2D eigenvalue weighted by Crippen LogP contribution is 2.38. The zero-order chi connectivity index (χ0) is 22.4. The SMILES string of the molecule is CCC(Oc1ccc(C(O)(c2ccc(OC)cc2)c2ccc(OC)cc2)cc1)C(C)=O. The summed E-state index contributed by atoms with van der Waals surface area (Å²) in [5.74, 6) is 1.98. The molecule has 0 fully saturated rings. The molecule has 0 aliphatic carbocycles. The van der Waals surface area contributed by atoms with Crippen LogP contribution in [0.25, 0.3) is 0 Å². The Morgan fingerprint density at radius 2 is 1.13 bits per heavy atom. The van der Waals surface area contributed by atoms with E-state index in [-0.39, 0.29) is 5.78 Å². The molecule has 162 valence electrons. The zero-order valence-corrected chi connectivity index (χ0v) is 18.3. The van der Waals surface area contributed by atoms with E-state index in [1.807, 2.05) is 67.6 Å². The van der Waals surface area contributed by atoms with E-state index in [2.05, 4.69) is 0 Å². The number of methoxy groups -OCH3 is 2. The molecule has 3 rings (SSSR count). The van der Waals surface area contributed by atoms with Crippen LogP contribution in [0.4, 0.5) is 0 Å². The van der Waals surface area contributed by atoms with Crippen LogP contribution in [-0.4, -0.2) is 31.2 Å². The Labute approximate surface area is 183 Å². The summed E-state index contributed by atoms with van der Waals surface area (Å²) in [6, 6.07) is 21.8. The van der Waals surface area contributed by atoms with Gasteiger partial charge in [0.15, 0.2) is 11.9 Å². The van der Waals surface area contributed by atoms with E-state index in [0.717, 1.165) is 0 Å². The van der Waals surface area contributed by atoms with Crippen LogP contribution >= 0.6 is 0 Å². The fraction of sp³-hybridized carbons (Fsp3) is 0.269. The lowest BCUT2D eigenvalue weighted by Crippen LogP contribution is -2.29. The largest absolute Gasteiger partial charge is 0.497 e. The molecular formula is C26H28O5. The summed E-state index contributed by atoms with van der Waals surface area (Å²) in [5, 5.41) is 12.0. The van der Waals surface area contributed by atoms with E-state index in [0.29, 0.717) is 40.4 Å². The molecule has 5 heteroatoms. The molecule has 0 aliphatic heterocycles. The molecule has 31 heavy (non-hydrogen) atoms. The highest BCUT2D eigenvalue weighted by Gasteiger charge is 2.34. The topological polar surface area (TPSA) is 65.0 Å². The van der Waals surface area contributed by atoms with Gasteiger partial charge >= 0.3 is 0 Å². The summed E-state index contributed by atoms with van der Waals surface area (Å²) in [6.45, 7) is 3.43. The van der Waals surface area contributed by atoms with Gasteiger partial charge in [0.05, 0.1) is 14.2 Å². The number of aliphatic hydroxyl groups is 1. The number of hydrogen-bond donors (Lipinski definition) is 1. The number of benzene rings is 3. The lowest BCUT2D eigenvalue weighted by atomic mass is 9.80. The second kappa shape index (κ2) is 9.67. The van der Waals surface area contributed by atoms with Crippen molar-refractivity contribution in [2.45, 2.75) is 32.0 Å². The smallest absolute Gasteiger partial charge is 0.170 e. The number of Topliss-reactive ketones (excluding diaryl/α,β-unsaturated/α-hetero) is 1. The third-order valence-corrected chi connectivity index (χ3v) is 5.39. The van der Waals surface area contributed by atoms with Gasteiger partial charge in [0.1, 0.15) is 22.8 Å². The molecule has 0 bridgehead atoms. The van der Waals surface area contributed by atoms with Crippen LogP contribution < -0.4 is 14.2 Å². The minimum atomic E-state index is -1.40. The minimum Gasteiger partial charge on any atom is -0.497 e. The lowest BCUT2D eigenvalue weighted by molar-refractivity contribution is -0.123. The maximum absolute atomic E-state index is 12.0. The van der Waals surface area contributed by atoms with Crippen LogP contribution in [0.2, 0.25) is 0 Å². The van der Waals surface area contributed by atoms with Gasteiger partial charge in [-0.2, -0.15) is 0 Å². The van der Waals surface area contributed by atoms with Crippen molar-refractivity contribution in [2.75, 3.05) is 14.2 Å². The zero-order valence-electron chi connectivity index (χ0n) is 18.3. The van der Waals surface area contributed by atoms with Crippen molar-refractivity contribution >= 4 is 5.78 Å². The number of carbonyl (C=O) groups is 1. The Morgan fingerprint density at radius 3 is 1.42 bits per heavy atom. The standard InChI is InChI=1S/C26H28O5/c1-5-25(18(2)27)31-24-16-10-21(11-17-24)26(28,19-6-12-22(29-3)13-7-19)20-8-14-23(30-4)15-9-20/h6-17,25,28H,5H2,1-4H3. The van der Waals surface area contributed by atoms with Crippen molar-refractivity contribution in [3.63, 3.8) is 0 Å². The molecule has 0 heterocycles. The van der Waals surface area contributed by atoms with Crippen molar-refractivity contribution in [3.8, 4) is 17.2 Å². The predicted octanol–water partition coefficient (Wildman–Crippen LogP) is 4.73. The maximum Gasteiger partial charge on any atom is 0.170 e. The van der Waals surface area contributed by atoms with Crippen LogP contribution in [0.15, 0.2) is 72.8 Å². The first-order valence-corrected chi connectivity index (χ1v) is 10.2. The van der Waals surface area contributed by atoms with E-state index < -0.39 is 11.7 Å². The monoisotopic (exact) mass is 420 g/mol. The van der Waals surface area contributed by atoms with Crippen LogP contribution in [-0.2, 0) is 10.4 Å². The molecule has 1 N–H and O–H groups in total. The first kappa shape index (κ1) is 22.4. The molecule has 0 aliphatic rings. The van der Waals surface area contributed by atoms with Crippen molar-refractivity contribution in [1.82, 2.24) is 0 Å². The first-order valence-electron chi connectivity index (χ1n) is 10.2. The second-order valence-electron chi connectivity index (χ2n) is 7.32. The van der Waals surface area contributed by atoms with Gasteiger partial charge in [-0.05, 0) is 66.4 Å². The van der Waals surface area contributed by atoms with Crippen molar-refractivity contribution < 1.29 is 24.1 Å². The van der Waals surface area contributed by atoms with Gasteiger partial charge in [-0.15, -0.1) is 0 Å². The Balaban J connectivity index is 2.04. The quantitative estimate of drug-likeness (QED) is 0.507. The highest BCUT2D eigenvalue weighted by atomic mass is 16.5. The molecule has 0 radical (unpaired) electrons. The van der Waals surface area contributed by atoms with Crippen LogP contribution in [0.3, 0.4) is 0 Å². The summed E-state index contributed by atoms with van der Waals surface area (Å²) in [7, 11) is 3.21. The highest BCUT2D eigenvalue weighted by molar-refractivity contribution is 5.80. The number of carbonyl (C=O) groups excluding carboxylic acids is 1. The molecule has 3 aromatic rings. The van der Waals surface area contributed by atoms with Crippen LogP contribution in [0.1, 0.15) is 37.0 Å². The van der Waals surface area contributed by atoms with Gasteiger partial charge in [-0.3, -0.25) is 4.79 Å². The fourth-order valence-electron chi connectivity index (χ4n) is 3.56. The third kappa shape index (κ3) is 4.72. The second-order valence-corrected chi connectivity index (χ2v) is 7.32. The predicted molar refractivity (Wildman–Crippen MR) is 120 cm³/mol. The average molecular weight is 421 g/mol. The van der Waals surface area contributed by atoms with Crippen LogP contribution in [0, 0.1) is 0 Å². The van der Waals surface area contributed by atoms with Gasteiger partial charge in [-0.1, -0.05) is 43.3 Å². The number of ether oxygens (including phenoxy) is 3. The molecule has 0 amide bonds. The Kier molecular flexibility index (Phi) is 6.98. The Bertz CT molecular complexity index is 944. The van der Waals surface area contributed by atoms with Crippen molar-refractivity contribution in [2.24, 2.45) is 0 Å². The third-order valence-electron chi connectivity index (χ3n) is 5.39. The summed E-state index contributed by atoms with van der Waals surface area (Å²) in [5.41, 5.74) is 0.664. The van der Waals surface area contributed by atoms with Crippen molar-refractivity contribution in [1.29, 1.82) is 0 Å². The number of hydrogen-bond acceptors (Lipinski definition) is 5. The first-order chi connectivity index (χ1) is 14.9. The minimum absolute atomic E-state index is 0.0143. The average Bonchev–Trinajstić information content (AvgIpc) is 2.82. The molecule has 1 atom stereocenters. The molecule has 1 unspecified atom stereocenters. The molecule has 0 saturated heterocycles. The van der Waals surface area contributed by atoms with Crippen LogP contribution in [0.5, 0.6) is 17.2 Å². The summed E-state index contributed by atoms with van der Waals surface area (Å²) < 4.78 is 16.3. The van der Waals surface area contributed by atoms with Crippen molar-refractivity contribution in [3.05, 3.63) is 89.5 Å². The summed E-state index contributed by atoms with van der Waals surface area (Å²) in [6.07, 6.45) is 0.117. The fourth-order valence-corrected chi connectivity index (χ4v) is 3.56.